The molecule has 2 amide bonds. The Morgan fingerprint density at radius 1 is 1.19 bits per heavy atom. The van der Waals surface area contributed by atoms with Crippen molar-refractivity contribution in [3.63, 3.8) is 0 Å². The van der Waals surface area contributed by atoms with Crippen LogP contribution in [0, 0.1) is 0 Å². The van der Waals surface area contributed by atoms with Gasteiger partial charge in [-0.05, 0) is 29.7 Å². The molecule has 1 heterocycles. The Balaban J connectivity index is 1.53. The van der Waals surface area contributed by atoms with Gasteiger partial charge in [0.1, 0.15) is 12.7 Å². The lowest BCUT2D eigenvalue weighted by molar-refractivity contribution is 0.237. The highest BCUT2D eigenvalue weighted by Gasteiger charge is 2.11. The van der Waals surface area contributed by atoms with Crippen LogP contribution in [0.4, 0.5) is 4.79 Å². The van der Waals surface area contributed by atoms with E-state index in [0.29, 0.717) is 18.1 Å². The van der Waals surface area contributed by atoms with Crippen LogP contribution in [0.15, 0.2) is 61.2 Å². The summed E-state index contributed by atoms with van der Waals surface area (Å²) in [5.74, 6) is 0. The maximum Gasteiger partial charge on any atom is 0.315 e. The molecule has 0 bridgehead atoms. The molecule has 0 radical (unpaired) electrons. The summed E-state index contributed by atoms with van der Waals surface area (Å²) in [6.07, 6.45) is 3.18. The Kier molecular flexibility index (Phi) is 5.86. The van der Waals surface area contributed by atoms with E-state index in [-0.39, 0.29) is 12.1 Å². The number of aromatic nitrogens is 3. The van der Waals surface area contributed by atoms with E-state index in [1.807, 2.05) is 55.5 Å². The summed E-state index contributed by atoms with van der Waals surface area (Å²) in [5.41, 5.74) is 3.00. The van der Waals surface area contributed by atoms with Gasteiger partial charge in [-0.15, -0.1) is 0 Å². The fourth-order valence-corrected chi connectivity index (χ4v) is 2.97. The maximum absolute atomic E-state index is 12.2. The Morgan fingerprint density at radius 3 is 2.77 bits per heavy atom. The zero-order chi connectivity index (χ0) is 18.4. The van der Waals surface area contributed by atoms with Gasteiger partial charge in [-0.2, -0.15) is 5.10 Å². The highest BCUT2D eigenvalue weighted by Crippen LogP contribution is 2.21. The smallest absolute Gasteiger partial charge is 0.315 e. The molecule has 7 heteroatoms. The van der Waals surface area contributed by atoms with Crippen molar-refractivity contribution in [2.75, 3.05) is 0 Å². The topological polar surface area (TPSA) is 71.8 Å². The summed E-state index contributed by atoms with van der Waals surface area (Å²) in [4.78, 5) is 16.1. The lowest BCUT2D eigenvalue weighted by atomic mass is 10.1. The van der Waals surface area contributed by atoms with Crippen LogP contribution in [0.25, 0.3) is 0 Å². The van der Waals surface area contributed by atoms with Gasteiger partial charge in [0.25, 0.3) is 0 Å². The predicted molar refractivity (Wildman–Crippen MR) is 101 cm³/mol. The molecule has 0 aliphatic heterocycles. The van der Waals surface area contributed by atoms with E-state index in [1.54, 1.807) is 11.0 Å². The lowest BCUT2D eigenvalue weighted by Gasteiger charge is -2.16. The SMILES string of the molecule is C[C@H](NC(=O)NCc1cccc(Cn2cncn2)c1)c1ccccc1Cl. The van der Waals surface area contributed by atoms with E-state index in [4.69, 9.17) is 11.6 Å². The van der Waals surface area contributed by atoms with E-state index in [0.717, 1.165) is 16.7 Å². The van der Waals surface area contributed by atoms with Crippen molar-refractivity contribution >= 4 is 17.6 Å². The summed E-state index contributed by atoms with van der Waals surface area (Å²) >= 11 is 6.17. The number of halogens is 1. The van der Waals surface area contributed by atoms with Crippen LogP contribution >= 0.6 is 11.6 Å². The average molecular weight is 370 g/mol. The van der Waals surface area contributed by atoms with Crippen LogP contribution in [0.1, 0.15) is 29.7 Å². The van der Waals surface area contributed by atoms with Gasteiger partial charge >= 0.3 is 6.03 Å². The Morgan fingerprint density at radius 2 is 2.00 bits per heavy atom. The Hall–Kier alpha value is -2.86. The second kappa shape index (κ2) is 8.49. The molecule has 0 saturated carbocycles. The summed E-state index contributed by atoms with van der Waals surface area (Å²) < 4.78 is 1.75. The Labute approximate surface area is 157 Å². The fraction of sp³-hybridized carbons (Fsp3) is 0.211. The third kappa shape index (κ3) is 4.83. The first-order valence-electron chi connectivity index (χ1n) is 8.31. The van der Waals surface area contributed by atoms with Crippen molar-refractivity contribution in [1.29, 1.82) is 0 Å². The van der Waals surface area contributed by atoms with E-state index in [1.165, 1.54) is 6.33 Å². The number of hydrogen-bond acceptors (Lipinski definition) is 3. The van der Waals surface area contributed by atoms with E-state index in [2.05, 4.69) is 20.7 Å². The molecular formula is C19H20ClN5O. The van der Waals surface area contributed by atoms with Crippen LogP contribution in [0.2, 0.25) is 5.02 Å². The number of hydrogen-bond donors (Lipinski definition) is 2. The van der Waals surface area contributed by atoms with Gasteiger partial charge in [-0.1, -0.05) is 54.1 Å². The van der Waals surface area contributed by atoms with Gasteiger partial charge in [-0.25, -0.2) is 14.5 Å². The molecule has 0 spiro atoms. The molecule has 1 aromatic heterocycles. The molecule has 0 fully saturated rings. The average Bonchev–Trinajstić information content (AvgIpc) is 3.13. The summed E-state index contributed by atoms with van der Waals surface area (Å²) in [5, 5.41) is 10.5. The first-order valence-corrected chi connectivity index (χ1v) is 8.68. The summed E-state index contributed by atoms with van der Waals surface area (Å²) in [6.45, 7) is 2.98. The molecule has 6 nitrogen and oxygen atoms in total. The fourth-order valence-electron chi connectivity index (χ4n) is 2.67. The molecule has 2 N–H and O–H groups in total. The molecular weight excluding hydrogens is 350 g/mol. The van der Waals surface area contributed by atoms with Crippen molar-refractivity contribution in [1.82, 2.24) is 25.4 Å². The van der Waals surface area contributed by atoms with Gasteiger partial charge in [0, 0.05) is 11.6 Å². The van der Waals surface area contributed by atoms with E-state index < -0.39 is 0 Å². The minimum Gasteiger partial charge on any atom is -0.334 e. The minimum absolute atomic E-state index is 0.178. The van der Waals surface area contributed by atoms with E-state index >= 15 is 0 Å². The molecule has 134 valence electrons. The molecule has 26 heavy (non-hydrogen) atoms. The first-order chi connectivity index (χ1) is 12.6. The number of nitrogens with one attached hydrogen (secondary N) is 2. The second-order valence-electron chi connectivity index (χ2n) is 5.98. The zero-order valence-electron chi connectivity index (χ0n) is 14.4. The molecule has 2 aromatic carbocycles. The number of amides is 2. The van der Waals surface area contributed by atoms with Gasteiger partial charge in [0.05, 0.1) is 12.6 Å². The summed E-state index contributed by atoms with van der Waals surface area (Å²) in [6, 6.07) is 15.1. The molecule has 0 unspecified atom stereocenters. The third-order valence-electron chi connectivity index (χ3n) is 3.97. The number of benzene rings is 2. The number of rotatable bonds is 6. The van der Waals surface area contributed by atoms with Crippen molar-refractivity contribution in [3.8, 4) is 0 Å². The molecule has 3 aromatic rings. The van der Waals surface area contributed by atoms with Gasteiger partial charge in [0.15, 0.2) is 0 Å². The van der Waals surface area contributed by atoms with Crippen LogP contribution < -0.4 is 10.6 Å². The highest BCUT2D eigenvalue weighted by atomic mass is 35.5. The minimum atomic E-state index is -0.237. The normalized spacial score (nSPS) is 11.8. The van der Waals surface area contributed by atoms with Gasteiger partial charge in [0.2, 0.25) is 0 Å². The van der Waals surface area contributed by atoms with Crippen molar-refractivity contribution < 1.29 is 4.79 Å². The first kappa shape index (κ1) is 17.9. The number of carbonyl (C=O) groups is 1. The third-order valence-corrected chi connectivity index (χ3v) is 4.32. The van der Waals surface area contributed by atoms with Crippen molar-refractivity contribution in [2.24, 2.45) is 0 Å². The summed E-state index contributed by atoms with van der Waals surface area (Å²) in [7, 11) is 0. The van der Waals surface area contributed by atoms with Crippen LogP contribution in [-0.4, -0.2) is 20.8 Å². The van der Waals surface area contributed by atoms with Gasteiger partial charge < -0.3 is 10.6 Å². The lowest BCUT2D eigenvalue weighted by Crippen LogP contribution is -2.36. The predicted octanol–water partition coefficient (Wildman–Crippen LogP) is 3.54. The largest absolute Gasteiger partial charge is 0.334 e. The van der Waals surface area contributed by atoms with E-state index in [9.17, 15) is 4.79 Å². The molecule has 0 saturated heterocycles. The zero-order valence-corrected chi connectivity index (χ0v) is 15.1. The van der Waals surface area contributed by atoms with Crippen molar-refractivity contribution in [3.05, 3.63) is 82.9 Å². The Bertz CT molecular complexity index is 866. The molecule has 0 aliphatic rings. The molecule has 0 aliphatic carbocycles. The number of nitrogens with zero attached hydrogens (tertiary/aromatic N) is 3. The van der Waals surface area contributed by atoms with Crippen LogP contribution in [0.5, 0.6) is 0 Å². The van der Waals surface area contributed by atoms with Crippen LogP contribution in [-0.2, 0) is 13.1 Å². The maximum atomic E-state index is 12.2. The quantitative estimate of drug-likeness (QED) is 0.698. The number of urea groups is 1. The second-order valence-corrected chi connectivity index (χ2v) is 6.39. The monoisotopic (exact) mass is 369 g/mol. The number of carbonyl (C=O) groups excluding carboxylic acids is 1. The highest BCUT2D eigenvalue weighted by molar-refractivity contribution is 6.31. The van der Waals surface area contributed by atoms with Crippen LogP contribution in [0.3, 0.4) is 0 Å². The van der Waals surface area contributed by atoms with Gasteiger partial charge in [-0.3, -0.25) is 0 Å². The molecule has 1 atom stereocenters. The standard InChI is InChI=1S/C19H20ClN5O/c1-14(17-7-2-3-8-18(17)20)24-19(26)22-10-15-5-4-6-16(9-15)11-25-13-21-12-23-25/h2-9,12-14H,10-11H2,1H3,(H2,22,24,26)/t14-/m0/s1. The molecule has 3 rings (SSSR count). The van der Waals surface area contributed by atoms with Crippen molar-refractivity contribution in [2.45, 2.75) is 26.1 Å².